The van der Waals surface area contributed by atoms with E-state index in [-0.39, 0.29) is 17.9 Å². The Labute approximate surface area is 102 Å². The van der Waals surface area contributed by atoms with Crippen molar-refractivity contribution in [3.8, 4) is 0 Å². The summed E-state index contributed by atoms with van der Waals surface area (Å²) in [5, 5.41) is 0. The number of hydrogen-bond acceptors (Lipinski definition) is 3. The van der Waals surface area contributed by atoms with Crippen molar-refractivity contribution in [2.45, 2.75) is 32.1 Å². The van der Waals surface area contributed by atoms with Gasteiger partial charge < -0.3 is 4.74 Å². The Balaban J connectivity index is 1.84. The molecule has 0 aliphatic carbocycles. The van der Waals surface area contributed by atoms with E-state index in [2.05, 4.69) is 17.0 Å². The van der Waals surface area contributed by atoms with Crippen molar-refractivity contribution < 1.29 is 9.53 Å². The van der Waals surface area contributed by atoms with Gasteiger partial charge in [-0.05, 0) is 26.0 Å². The summed E-state index contributed by atoms with van der Waals surface area (Å²) in [6, 6.07) is 10.2. The van der Waals surface area contributed by atoms with E-state index in [1.165, 1.54) is 5.56 Å². The van der Waals surface area contributed by atoms with Crippen LogP contribution < -0.4 is 0 Å². The van der Waals surface area contributed by atoms with Gasteiger partial charge in [-0.1, -0.05) is 30.3 Å². The van der Waals surface area contributed by atoms with Crippen molar-refractivity contribution in [1.82, 2.24) is 4.90 Å². The van der Waals surface area contributed by atoms with Crippen molar-refractivity contribution in [2.24, 2.45) is 0 Å². The molecule has 0 bridgehead atoms. The molecule has 0 radical (unpaired) electrons. The van der Waals surface area contributed by atoms with Crippen LogP contribution in [0.4, 0.5) is 0 Å². The lowest BCUT2D eigenvalue weighted by atomic mass is 10.1. The number of hydrogen-bond donors (Lipinski definition) is 0. The zero-order valence-corrected chi connectivity index (χ0v) is 10.4. The lowest BCUT2D eigenvalue weighted by molar-refractivity contribution is -0.120. The second-order valence-corrected chi connectivity index (χ2v) is 4.72. The van der Waals surface area contributed by atoms with Crippen LogP contribution in [0, 0.1) is 0 Å². The molecule has 1 fully saturated rings. The molecule has 0 saturated carbocycles. The summed E-state index contributed by atoms with van der Waals surface area (Å²) in [4.78, 5) is 13.5. The molecule has 0 spiro atoms. The van der Waals surface area contributed by atoms with Crippen LogP contribution in [0.15, 0.2) is 30.3 Å². The number of ketones is 1. The van der Waals surface area contributed by atoms with Crippen LogP contribution in [0.25, 0.3) is 0 Å². The van der Waals surface area contributed by atoms with E-state index in [1.807, 2.05) is 25.2 Å². The summed E-state index contributed by atoms with van der Waals surface area (Å²) < 4.78 is 5.85. The van der Waals surface area contributed by atoms with Crippen LogP contribution >= 0.6 is 0 Å². The van der Waals surface area contributed by atoms with Gasteiger partial charge in [0, 0.05) is 6.54 Å². The Bertz CT molecular complexity index is 377. The van der Waals surface area contributed by atoms with E-state index in [0.717, 1.165) is 13.0 Å². The molecule has 92 valence electrons. The minimum Gasteiger partial charge on any atom is -0.372 e. The summed E-state index contributed by atoms with van der Waals surface area (Å²) in [7, 11) is 1.98. The van der Waals surface area contributed by atoms with Gasteiger partial charge in [0.2, 0.25) is 0 Å². The number of likely N-dealkylation sites (N-methyl/N-ethyl adjacent to an activating group) is 1. The number of benzene rings is 1. The van der Waals surface area contributed by atoms with E-state index in [0.29, 0.717) is 6.61 Å². The summed E-state index contributed by atoms with van der Waals surface area (Å²) >= 11 is 0. The van der Waals surface area contributed by atoms with Crippen LogP contribution in [0.3, 0.4) is 0 Å². The summed E-state index contributed by atoms with van der Waals surface area (Å²) in [5.41, 5.74) is 1.18. The van der Waals surface area contributed by atoms with Gasteiger partial charge in [0.15, 0.2) is 0 Å². The molecule has 3 heteroatoms. The van der Waals surface area contributed by atoms with Crippen LogP contribution in [0.1, 0.15) is 18.9 Å². The number of ether oxygens (including phenoxy) is 1. The Morgan fingerprint density at radius 2 is 2.12 bits per heavy atom. The van der Waals surface area contributed by atoms with Gasteiger partial charge in [-0.2, -0.15) is 0 Å². The van der Waals surface area contributed by atoms with Crippen LogP contribution in [-0.4, -0.2) is 36.4 Å². The molecule has 1 aromatic carbocycles. The van der Waals surface area contributed by atoms with Crippen molar-refractivity contribution in [3.05, 3.63) is 35.9 Å². The Hall–Kier alpha value is -1.19. The SMILES string of the molecule is CC(=O)[C@@H]1C[C@H](OCc2ccccc2)CN1C. The number of nitrogens with zero attached hydrogens (tertiary/aromatic N) is 1. The van der Waals surface area contributed by atoms with Gasteiger partial charge in [0.05, 0.1) is 18.8 Å². The van der Waals surface area contributed by atoms with Gasteiger partial charge in [-0.25, -0.2) is 0 Å². The maximum atomic E-state index is 11.4. The highest BCUT2D eigenvalue weighted by molar-refractivity contribution is 5.81. The highest BCUT2D eigenvalue weighted by Gasteiger charge is 2.32. The molecule has 1 aromatic rings. The lowest BCUT2D eigenvalue weighted by Crippen LogP contribution is -2.30. The molecule has 2 rings (SSSR count). The fourth-order valence-corrected chi connectivity index (χ4v) is 2.34. The molecule has 2 atom stereocenters. The molecular formula is C14H19NO2. The molecule has 1 aliphatic heterocycles. The second kappa shape index (κ2) is 5.43. The molecule has 3 nitrogen and oxygen atoms in total. The molecule has 1 aliphatic rings. The first-order valence-electron chi connectivity index (χ1n) is 6.03. The minimum absolute atomic E-state index is 0.0378. The van der Waals surface area contributed by atoms with Gasteiger partial charge in [-0.3, -0.25) is 9.69 Å². The Kier molecular flexibility index (Phi) is 3.92. The predicted octanol–water partition coefficient (Wildman–Crippen LogP) is 1.86. The number of Topliss-reactive ketones (excluding diaryl/α,β-unsaturated/α-hetero) is 1. The first kappa shape index (κ1) is 12.3. The van der Waals surface area contributed by atoms with Crippen molar-refractivity contribution in [1.29, 1.82) is 0 Å². The molecule has 0 N–H and O–H groups in total. The highest BCUT2D eigenvalue weighted by Crippen LogP contribution is 2.20. The fourth-order valence-electron chi connectivity index (χ4n) is 2.34. The van der Waals surface area contributed by atoms with Gasteiger partial charge in [0.25, 0.3) is 0 Å². The molecular weight excluding hydrogens is 214 g/mol. The highest BCUT2D eigenvalue weighted by atomic mass is 16.5. The third-order valence-electron chi connectivity index (χ3n) is 3.31. The fraction of sp³-hybridized carbons (Fsp3) is 0.500. The zero-order valence-electron chi connectivity index (χ0n) is 10.4. The van der Waals surface area contributed by atoms with Crippen molar-refractivity contribution in [3.63, 3.8) is 0 Å². The van der Waals surface area contributed by atoms with E-state index >= 15 is 0 Å². The first-order chi connectivity index (χ1) is 8.16. The summed E-state index contributed by atoms with van der Waals surface area (Å²) in [6.07, 6.45) is 0.993. The van der Waals surface area contributed by atoms with E-state index in [4.69, 9.17) is 4.74 Å². The first-order valence-corrected chi connectivity index (χ1v) is 6.03. The van der Waals surface area contributed by atoms with Crippen LogP contribution in [0.2, 0.25) is 0 Å². The second-order valence-electron chi connectivity index (χ2n) is 4.72. The number of carbonyl (C=O) groups excluding carboxylic acids is 1. The third kappa shape index (κ3) is 3.14. The topological polar surface area (TPSA) is 29.5 Å². The summed E-state index contributed by atoms with van der Waals surface area (Å²) in [5.74, 6) is 0.235. The molecule has 1 saturated heterocycles. The monoisotopic (exact) mass is 233 g/mol. The van der Waals surface area contributed by atoms with Gasteiger partial charge in [-0.15, -0.1) is 0 Å². The predicted molar refractivity (Wildman–Crippen MR) is 66.7 cm³/mol. The van der Waals surface area contributed by atoms with E-state index < -0.39 is 0 Å². The average Bonchev–Trinajstić information content (AvgIpc) is 2.69. The smallest absolute Gasteiger partial charge is 0.146 e. The summed E-state index contributed by atoms with van der Waals surface area (Å²) in [6.45, 7) is 3.13. The largest absolute Gasteiger partial charge is 0.372 e. The molecule has 0 amide bonds. The van der Waals surface area contributed by atoms with Crippen molar-refractivity contribution in [2.75, 3.05) is 13.6 Å². The Morgan fingerprint density at radius 1 is 1.41 bits per heavy atom. The standard InChI is InChI=1S/C14H19NO2/c1-11(16)14-8-13(9-15(14)2)17-10-12-6-4-3-5-7-12/h3-7,13-14H,8-10H2,1-2H3/t13-,14-/m0/s1. The minimum atomic E-state index is 0.0378. The van der Waals surface area contributed by atoms with Crippen LogP contribution in [0.5, 0.6) is 0 Å². The number of carbonyl (C=O) groups is 1. The van der Waals surface area contributed by atoms with Gasteiger partial charge in [0.1, 0.15) is 5.78 Å². The van der Waals surface area contributed by atoms with E-state index in [1.54, 1.807) is 6.92 Å². The van der Waals surface area contributed by atoms with Gasteiger partial charge >= 0.3 is 0 Å². The average molecular weight is 233 g/mol. The van der Waals surface area contributed by atoms with E-state index in [9.17, 15) is 4.79 Å². The molecule has 1 heterocycles. The Morgan fingerprint density at radius 3 is 2.71 bits per heavy atom. The lowest BCUT2D eigenvalue weighted by Gasteiger charge is -2.14. The van der Waals surface area contributed by atoms with Crippen molar-refractivity contribution >= 4 is 5.78 Å². The normalized spacial score (nSPS) is 25.1. The quantitative estimate of drug-likeness (QED) is 0.795. The maximum absolute atomic E-state index is 11.4. The third-order valence-corrected chi connectivity index (χ3v) is 3.31. The maximum Gasteiger partial charge on any atom is 0.146 e. The number of rotatable bonds is 4. The van der Waals surface area contributed by atoms with Crippen LogP contribution in [-0.2, 0) is 16.1 Å². The number of likely N-dealkylation sites (tertiary alicyclic amines) is 1. The zero-order chi connectivity index (χ0) is 12.3. The molecule has 0 unspecified atom stereocenters. The molecule has 17 heavy (non-hydrogen) atoms. The molecule has 0 aromatic heterocycles.